The molecule has 33 heavy (non-hydrogen) atoms. The molecule has 0 bridgehead atoms. The van der Waals surface area contributed by atoms with Gasteiger partial charge >= 0.3 is 0 Å². The van der Waals surface area contributed by atoms with Crippen molar-refractivity contribution in [3.8, 4) is 11.5 Å². The van der Waals surface area contributed by atoms with Crippen molar-refractivity contribution >= 4 is 0 Å². The second kappa shape index (κ2) is 10.5. The smallest absolute Gasteiger partial charge is 0.224 e. The molecule has 0 unspecified atom stereocenters. The number of benzene rings is 3. The summed E-state index contributed by atoms with van der Waals surface area (Å²) in [5.74, 6) is 0.873. The molecule has 0 amide bonds. The van der Waals surface area contributed by atoms with E-state index in [4.69, 9.17) is 14.3 Å². The summed E-state index contributed by atoms with van der Waals surface area (Å²) < 4.78 is 12.4. The standard InChI is InChI=1S/C27H25NO5/c1-31-24-14-12-20(13-15-24)19-32-26-17-28(23(18-29)16-25(26)30)33-27(21-8-4-2-5-9-21)22-10-6-3-7-11-22/h2-17,27,29H,18-19H2,1H3. The number of hydrogen-bond donors (Lipinski definition) is 1. The van der Waals surface area contributed by atoms with E-state index in [1.807, 2.05) is 84.9 Å². The van der Waals surface area contributed by atoms with Gasteiger partial charge in [-0.2, -0.15) is 4.73 Å². The Bertz CT molecular complexity index is 1180. The molecular weight excluding hydrogens is 418 g/mol. The maximum Gasteiger partial charge on any atom is 0.224 e. The fourth-order valence-corrected chi connectivity index (χ4v) is 3.43. The third-order valence-corrected chi connectivity index (χ3v) is 5.20. The lowest BCUT2D eigenvalue weighted by molar-refractivity contribution is 0.0448. The highest BCUT2D eigenvalue weighted by Crippen LogP contribution is 2.24. The fourth-order valence-electron chi connectivity index (χ4n) is 3.43. The monoisotopic (exact) mass is 443 g/mol. The van der Waals surface area contributed by atoms with E-state index >= 15 is 0 Å². The molecule has 4 aromatic rings. The predicted octanol–water partition coefficient (Wildman–Crippen LogP) is 4.15. The Hall–Kier alpha value is -4.03. The number of aliphatic hydroxyl groups excluding tert-OH is 1. The maximum atomic E-state index is 12.6. The number of rotatable bonds is 9. The lowest BCUT2D eigenvalue weighted by Gasteiger charge is -2.23. The summed E-state index contributed by atoms with van der Waals surface area (Å²) >= 11 is 0. The Labute approximate surface area is 192 Å². The van der Waals surface area contributed by atoms with E-state index in [0.29, 0.717) is 5.69 Å². The molecule has 1 N–H and O–H groups in total. The van der Waals surface area contributed by atoms with Crippen LogP contribution in [0.25, 0.3) is 0 Å². The van der Waals surface area contributed by atoms with Crippen LogP contribution in [0.15, 0.2) is 102 Å². The molecule has 0 fully saturated rings. The van der Waals surface area contributed by atoms with Crippen molar-refractivity contribution in [2.75, 3.05) is 7.11 Å². The minimum absolute atomic E-state index is 0.128. The first-order chi connectivity index (χ1) is 16.2. The van der Waals surface area contributed by atoms with Gasteiger partial charge in [0, 0.05) is 6.07 Å². The van der Waals surface area contributed by atoms with Gasteiger partial charge in [-0.25, -0.2) is 0 Å². The van der Waals surface area contributed by atoms with Gasteiger partial charge < -0.3 is 19.4 Å². The van der Waals surface area contributed by atoms with Crippen LogP contribution in [0.3, 0.4) is 0 Å². The summed E-state index contributed by atoms with van der Waals surface area (Å²) in [4.78, 5) is 18.9. The van der Waals surface area contributed by atoms with Crippen LogP contribution in [0.1, 0.15) is 28.5 Å². The maximum absolute atomic E-state index is 12.6. The number of nitrogens with zero attached hydrogens (tertiary/aromatic N) is 1. The second-order valence-corrected chi connectivity index (χ2v) is 7.42. The molecule has 0 aliphatic heterocycles. The summed E-state index contributed by atoms with van der Waals surface area (Å²) in [5.41, 5.74) is 2.76. The lowest BCUT2D eigenvalue weighted by atomic mass is 10.0. The fraction of sp³-hybridized carbons (Fsp3) is 0.148. The Balaban J connectivity index is 1.63. The van der Waals surface area contributed by atoms with Crippen molar-refractivity contribution < 1.29 is 19.4 Å². The summed E-state index contributed by atoms with van der Waals surface area (Å²) in [5, 5.41) is 9.85. The largest absolute Gasteiger partial charge is 0.497 e. The summed E-state index contributed by atoms with van der Waals surface area (Å²) in [6, 6.07) is 28.3. The second-order valence-electron chi connectivity index (χ2n) is 7.42. The van der Waals surface area contributed by atoms with Gasteiger partial charge in [0.05, 0.1) is 25.6 Å². The number of aromatic nitrogens is 1. The lowest BCUT2D eigenvalue weighted by Crippen LogP contribution is -2.25. The van der Waals surface area contributed by atoms with Crippen LogP contribution in [0.4, 0.5) is 0 Å². The van der Waals surface area contributed by atoms with E-state index in [-0.39, 0.29) is 24.4 Å². The first-order valence-electron chi connectivity index (χ1n) is 10.6. The molecule has 0 saturated carbocycles. The first kappa shape index (κ1) is 22.2. The number of hydrogen-bond acceptors (Lipinski definition) is 5. The molecule has 1 aromatic heterocycles. The van der Waals surface area contributed by atoms with Crippen molar-refractivity contribution in [1.82, 2.24) is 4.73 Å². The molecule has 3 aromatic carbocycles. The van der Waals surface area contributed by atoms with Crippen molar-refractivity contribution in [2.24, 2.45) is 0 Å². The highest BCUT2D eigenvalue weighted by atomic mass is 16.7. The minimum atomic E-state index is -0.449. The van der Waals surface area contributed by atoms with Gasteiger partial charge in [0.1, 0.15) is 12.4 Å². The molecule has 6 nitrogen and oxygen atoms in total. The molecule has 6 heteroatoms. The van der Waals surface area contributed by atoms with E-state index in [1.165, 1.54) is 17.0 Å². The Morgan fingerprint density at radius 1 is 0.879 bits per heavy atom. The quantitative estimate of drug-likeness (QED) is 0.421. The molecule has 1 heterocycles. The highest BCUT2D eigenvalue weighted by molar-refractivity contribution is 5.31. The van der Waals surface area contributed by atoms with Gasteiger partial charge in [-0.05, 0) is 28.8 Å². The number of ether oxygens (including phenoxy) is 2. The molecule has 0 atom stereocenters. The normalized spacial score (nSPS) is 10.8. The number of pyridine rings is 1. The number of aliphatic hydroxyl groups is 1. The van der Waals surface area contributed by atoms with Gasteiger partial charge in [-0.1, -0.05) is 72.8 Å². The van der Waals surface area contributed by atoms with E-state index in [2.05, 4.69) is 0 Å². The third-order valence-electron chi connectivity index (χ3n) is 5.20. The van der Waals surface area contributed by atoms with E-state index < -0.39 is 6.10 Å². The van der Waals surface area contributed by atoms with Crippen LogP contribution in [-0.4, -0.2) is 16.9 Å². The van der Waals surface area contributed by atoms with Crippen LogP contribution in [0.2, 0.25) is 0 Å². The summed E-state index contributed by atoms with van der Waals surface area (Å²) in [6.07, 6.45) is 1.03. The molecule has 0 radical (unpaired) electrons. The molecule has 0 saturated heterocycles. The average Bonchev–Trinajstić information content (AvgIpc) is 2.88. The molecule has 0 aliphatic rings. The highest BCUT2D eigenvalue weighted by Gasteiger charge is 2.18. The van der Waals surface area contributed by atoms with Crippen LogP contribution >= 0.6 is 0 Å². The van der Waals surface area contributed by atoms with Crippen LogP contribution in [-0.2, 0) is 13.2 Å². The van der Waals surface area contributed by atoms with E-state index in [9.17, 15) is 9.90 Å². The minimum Gasteiger partial charge on any atom is -0.497 e. The van der Waals surface area contributed by atoms with Gasteiger partial charge in [0.2, 0.25) is 5.43 Å². The first-order valence-corrected chi connectivity index (χ1v) is 10.6. The third kappa shape index (κ3) is 5.42. The SMILES string of the molecule is COc1ccc(COc2cn(OC(c3ccccc3)c3ccccc3)c(CO)cc2=O)cc1. The van der Waals surface area contributed by atoms with E-state index in [0.717, 1.165) is 22.4 Å². The van der Waals surface area contributed by atoms with E-state index in [1.54, 1.807) is 7.11 Å². The molecular formula is C27H25NO5. The van der Waals surface area contributed by atoms with Crippen LogP contribution in [0.5, 0.6) is 11.5 Å². The Morgan fingerprint density at radius 2 is 1.48 bits per heavy atom. The van der Waals surface area contributed by atoms with Gasteiger partial charge in [-0.3, -0.25) is 4.79 Å². The van der Waals surface area contributed by atoms with Crippen molar-refractivity contribution in [1.29, 1.82) is 0 Å². The predicted molar refractivity (Wildman–Crippen MR) is 125 cm³/mol. The van der Waals surface area contributed by atoms with Crippen molar-refractivity contribution in [3.63, 3.8) is 0 Å². The topological polar surface area (TPSA) is 69.9 Å². The number of methoxy groups -OCH3 is 1. The van der Waals surface area contributed by atoms with Crippen LogP contribution in [0, 0.1) is 0 Å². The zero-order valence-electron chi connectivity index (χ0n) is 18.3. The van der Waals surface area contributed by atoms with Crippen molar-refractivity contribution in [3.05, 3.63) is 130 Å². The molecule has 4 rings (SSSR count). The molecule has 168 valence electrons. The van der Waals surface area contributed by atoms with Crippen molar-refractivity contribution in [2.45, 2.75) is 19.3 Å². The summed E-state index contributed by atoms with van der Waals surface area (Å²) in [6.45, 7) is -0.150. The van der Waals surface area contributed by atoms with Gasteiger partial charge in [0.25, 0.3) is 0 Å². The summed E-state index contributed by atoms with van der Waals surface area (Å²) in [7, 11) is 1.61. The van der Waals surface area contributed by atoms with Crippen LogP contribution < -0.4 is 19.7 Å². The van der Waals surface area contributed by atoms with Gasteiger partial charge in [0.15, 0.2) is 11.9 Å². The zero-order chi connectivity index (χ0) is 23.0. The Morgan fingerprint density at radius 3 is 2.03 bits per heavy atom. The molecule has 0 spiro atoms. The van der Waals surface area contributed by atoms with Gasteiger partial charge in [-0.15, -0.1) is 0 Å². The molecule has 0 aliphatic carbocycles. The zero-order valence-corrected chi connectivity index (χ0v) is 18.3. The average molecular weight is 443 g/mol. The Kier molecular flexibility index (Phi) is 7.07.